The van der Waals surface area contributed by atoms with Crippen LogP contribution < -0.4 is 0 Å². The van der Waals surface area contributed by atoms with Crippen LogP contribution in [0.15, 0.2) is 58.5 Å². The van der Waals surface area contributed by atoms with Crippen LogP contribution in [-0.2, 0) is 14.3 Å². The van der Waals surface area contributed by atoms with Gasteiger partial charge in [0.15, 0.2) is 18.2 Å². The van der Waals surface area contributed by atoms with Crippen molar-refractivity contribution in [1.82, 2.24) is 0 Å². The topological polar surface area (TPSA) is 43.4 Å². The van der Waals surface area contributed by atoms with E-state index in [0.29, 0.717) is 11.5 Å². The van der Waals surface area contributed by atoms with Gasteiger partial charge in [0.25, 0.3) is 0 Å². The van der Waals surface area contributed by atoms with Crippen LogP contribution >= 0.6 is 0 Å². The smallest absolute Gasteiger partial charge is 0.192 e. The lowest BCUT2D eigenvalue weighted by atomic mass is 10.1. The minimum Gasteiger partial charge on any atom is -0.413 e. The van der Waals surface area contributed by atoms with E-state index in [-0.39, 0.29) is 10.8 Å². The zero-order valence-electron chi connectivity index (χ0n) is 18.0. The summed E-state index contributed by atoms with van der Waals surface area (Å²) >= 11 is 0. The third-order valence-corrected chi connectivity index (χ3v) is 11.3. The fourth-order valence-electron chi connectivity index (χ4n) is 2.19. The predicted molar refractivity (Wildman–Crippen MR) is 118 cm³/mol. The van der Waals surface area contributed by atoms with Crippen LogP contribution in [0.1, 0.15) is 47.5 Å². The summed E-state index contributed by atoms with van der Waals surface area (Å²) in [7, 11) is -4.96. The molecule has 0 bridgehead atoms. The largest absolute Gasteiger partial charge is 0.413 e. The SMILES string of the molecule is CC(=CCS(=O)(=O)c1ccccc1)CCC=C(C)CO[Si](C)(C)C(C)(C)C. The van der Waals surface area contributed by atoms with Crippen molar-refractivity contribution >= 4 is 18.2 Å². The van der Waals surface area contributed by atoms with Gasteiger partial charge in [-0.3, -0.25) is 0 Å². The van der Waals surface area contributed by atoms with Crippen molar-refractivity contribution in [2.45, 2.75) is 70.5 Å². The Kier molecular flexibility index (Phi) is 8.71. The Morgan fingerprint density at radius 1 is 1.04 bits per heavy atom. The average molecular weight is 409 g/mol. The highest BCUT2D eigenvalue weighted by Crippen LogP contribution is 2.36. The second kappa shape index (κ2) is 9.85. The summed E-state index contributed by atoms with van der Waals surface area (Å²) in [4.78, 5) is 0.382. The standard InChI is InChI=1S/C22H36O3SSi/c1-19(16-17-26(23,24)21-14-9-8-10-15-21)12-11-13-20(2)18-25-27(6,7)22(3,4)5/h8-10,13-16H,11-12,17-18H2,1-7H3. The molecule has 0 aliphatic carbocycles. The first kappa shape index (κ1) is 23.9. The van der Waals surface area contributed by atoms with Gasteiger partial charge >= 0.3 is 0 Å². The van der Waals surface area contributed by atoms with Gasteiger partial charge in [0, 0.05) is 0 Å². The van der Waals surface area contributed by atoms with Crippen molar-refractivity contribution in [3.8, 4) is 0 Å². The first-order chi connectivity index (χ1) is 12.3. The van der Waals surface area contributed by atoms with E-state index in [1.54, 1.807) is 24.3 Å². The van der Waals surface area contributed by atoms with Crippen molar-refractivity contribution in [2.24, 2.45) is 0 Å². The number of hydrogen-bond donors (Lipinski definition) is 0. The summed E-state index contributed by atoms with van der Waals surface area (Å²) in [6.45, 7) is 16.0. The van der Waals surface area contributed by atoms with Gasteiger partial charge < -0.3 is 4.43 Å². The van der Waals surface area contributed by atoms with Crippen LogP contribution in [0.2, 0.25) is 18.1 Å². The van der Waals surface area contributed by atoms with Crippen LogP contribution in [0.4, 0.5) is 0 Å². The molecule has 0 aliphatic rings. The van der Waals surface area contributed by atoms with E-state index in [1.807, 2.05) is 19.1 Å². The highest BCUT2D eigenvalue weighted by atomic mass is 32.2. The first-order valence-electron chi connectivity index (χ1n) is 9.58. The molecular weight excluding hydrogens is 372 g/mol. The molecular formula is C22H36O3SSi. The zero-order valence-corrected chi connectivity index (χ0v) is 19.8. The van der Waals surface area contributed by atoms with E-state index in [4.69, 9.17) is 4.43 Å². The van der Waals surface area contributed by atoms with Gasteiger partial charge in [0.2, 0.25) is 0 Å². The first-order valence-corrected chi connectivity index (χ1v) is 14.1. The van der Waals surface area contributed by atoms with Crippen LogP contribution in [0.3, 0.4) is 0 Å². The quantitative estimate of drug-likeness (QED) is 0.363. The van der Waals surface area contributed by atoms with Crippen LogP contribution in [0.25, 0.3) is 0 Å². The molecule has 1 aromatic carbocycles. The van der Waals surface area contributed by atoms with Gasteiger partial charge in [-0.15, -0.1) is 0 Å². The van der Waals surface area contributed by atoms with Gasteiger partial charge in [-0.1, -0.05) is 62.3 Å². The molecule has 1 rings (SSSR count). The molecule has 0 unspecified atom stereocenters. The molecule has 0 saturated heterocycles. The average Bonchev–Trinajstić information content (AvgIpc) is 2.58. The molecule has 0 N–H and O–H groups in total. The molecule has 0 radical (unpaired) electrons. The molecule has 0 fully saturated rings. The van der Waals surface area contributed by atoms with E-state index >= 15 is 0 Å². The number of sulfone groups is 1. The van der Waals surface area contributed by atoms with Crippen molar-refractivity contribution in [2.75, 3.05) is 12.4 Å². The molecule has 5 heteroatoms. The van der Waals surface area contributed by atoms with Crippen LogP contribution in [0, 0.1) is 0 Å². The van der Waals surface area contributed by atoms with Gasteiger partial charge in [-0.2, -0.15) is 0 Å². The minimum absolute atomic E-state index is 0.0556. The lowest BCUT2D eigenvalue weighted by molar-refractivity contribution is 0.318. The Bertz CT molecular complexity index is 754. The monoisotopic (exact) mass is 408 g/mol. The zero-order chi connectivity index (χ0) is 20.7. The molecule has 27 heavy (non-hydrogen) atoms. The summed E-state index contributed by atoms with van der Waals surface area (Å²) < 4.78 is 30.9. The maximum Gasteiger partial charge on any atom is 0.192 e. The number of benzene rings is 1. The molecule has 3 nitrogen and oxygen atoms in total. The molecule has 0 aromatic heterocycles. The summed E-state index contributed by atoms with van der Waals surface area (Å²) in [6, 6.07) is 8.62. The fourth-order valence-corrected chi connectivity index (χ4v) is 4.48. The van der Waals surface area contributed by atoms with Gasteiger partial charge in [0.1, 0.15) is 0 Å². The molecule has 1 aromatic rings. The maximum absolute atomic E-state index is 12.3. The third kappa shape index (κ3) is 8.16. The van der Waals surface area contributed by atoms with Crippen LogP contribution in [0.5, 0.6) is 0 Å². The Morgan fingerprint density at radius 2 is 1.63 bits per heavy atom. The van der Waals surface area contributed by atoms with E-state index < -0.39 is 18.2 Å². The minimum atomic E-state index is -3.24. The van der Waals surface area contributed by atoms with Crippen molar-refractivity contribution < 1.29 is 12.8 Å². The summed E-state index contributed by atoms with van der Waals surface area (Å²) in [5.74, 6) is 0.0556. The summed E-state index contributed by atoms with van der Waals surface area (Å²) in [5.41, 5.74) is 2.34. The Balaban J connectivity index is 2.51. The normalized spacial score (nSPS) is 14.5. The van der Waals surface area contributed by atoms with E-state index in [1.165, 1.54) is 5.57 Å². The van der Waals surface area contributed by atoms with Gasteiger partial charge in [0.05, 0.1) is 17.3 Å². The summed E-state index contributed by atoms with van der Waals surface area (Å²) in [5, 5.41) is 0.219. The highest BCUT2D eigenvalue weighted by Gasteiger charge is 2.36. The molecule has 0 heterocycles. The molecule has 0 saturated carbocycles. The summed E-state index contributed by atoms with van der Waals surface area (Å²) in [6.07, 6.45) is 5.80. The van der Waals surface area contributed by atoms with Crippen molar-refractivity contribution in [3.05, 3.63) is 53.6 Å². The lowest BCUT2D eigenvalue weighted by Gasteiger charge is -2.36. The van der Waals surface area contributed by atoms with E-state index in [2.05, 4.69) is 46.9 Å². The highest BCUT2D eigenvalue weighted by molar-refractivity contribution is 7.91. The Hall–Kier alpha value is -1.17. The number of rotatable bonds is 9. The van der Waals surface area contributed by atoms with Gasteiger partial charge in [-0.05, 0) is 57.0 Å². The Labute approximate surface area is 167 Å². The number of allylic oxidation sites excluding steroid dienone is 2. The number of hydrogen-bond acceptors (Lipinski definition) is 3. The van der Waals surface area contributed by atoms with E-state index in [9.17, 15) is 8.42 Å². The van der Waals surface area contributed by atoms with Crippen molar-refractivity contribution in [1.29, 1.82) is 0 Å². The molecule has 152 valence electrons. The lowest BCUT2D eigenvalue weighted by Crippen LogP contribution is -2.41. The van der Waals surface area contributed by atoms with E-state index in [0.717, 1.165) is 18.4 Å². The molecule has 0 amide bonds. The third-order valence-electron chi connectivity index (χ3n) is 5.25. The Morgan fingerprint density at radius 3 is 2.19 bits per heavy atom. The van der Waals surface area contributed by atoms with Crippen molar-refractivity contribution in [3.63, 3.8) is 0 Å². The predicted octanol–water partition coefficient (Wildman–Crippen LogP) is 6.15. The maximum atomic E-state index is 12.3. The molecule has 0 spiro atoms. The molecule has 0 atom stereocenters. The van der Waals surface area contributed by atoms with Gasteiger partial charge in [-0.25, -0.2) is 8.42 Å². The fraction of sp³-hybridized carbons (Fsp3) is 0.545. The second-order valence-electron chi connectivity index (χ2n) is 8.78. The van der Waals surface area contributed by atoms with Crippen LogP contribution in [-0.4, -0.2) is 29.1 Å². The second-order valence-corrected chi connectivity index (χ2v) is 15.6. The molecule has 0 aliphatic heterocycles.